The molecule has 1 atom stereocenters. The topological polar surface area (TPSA) is 52.7 Å². The maximum atomic E-state index is 12.6. The van der Waals surface area contributed by atoms with Crippen molar-refractivity contribution in [1.82, 2.24) is 15.1 Å². The van der Waals surface area contributed by atoms with E-state index in [2.05, 4.69) is 5.32 Å². The van der Waals surface area contributed by atoms with Crippen LogP contribution in [0.15, 0.2) is 24.3 Å². The standard InChI is InChI=1S/C17H22ClN3O2/c18-14-4-1-3-13(9-14)10-16(22)20-7-2-5-15(12-20)21-8-6-19-11-17(21)23/h1,3-4,9,15,19H,2,5-8,10-12H2. The second kappa shape index (κ2) is 7.32. The number of nitrogens with one attached hydrogen (secondary N) is 1. The zero-order valence-electron chi connectivity index (χ0n) is 13.1. The second-order valence-corrected chi connectivity index (χ2v) is 6.64. The molecule has 2 fully saturated rings. The molecule has 2 heterocycles. The number of nitrogens with zero attached hydrogens (tertiary/aromatic N) is 2. The first kappa shape index (κ1) is 16.3. The van der Waals surface area contributed by atoms with E-state index >= 15 is 0 Å². The summed E-state index contributed by atoms with van der Waals surface area (Å²) in [6, 6.07) is 7.58. The van der Waals surface area contributed by atoms with Crippen molar-refractivity contribution in [3.8, 4) is 0 Å². The van der Waals surface area contributed by atoms with E-state index in [-0.39, 0.29) is 17.9 Å². The van der Waals surface area contributed by atoms with Crippen molar-refractivity contribution < 1.29 is 9.59 Å². The van der Waals surface area contributed by atoms with Crippen LogP contribution in [0.5, 0.6) is 0 Å². The van der Waals surface area contributed by atoms with E-state index in [9.17, 15) is 9.59 Å². The van der Waals surface area contributed by atoms with Crippen LogP contribution in [0.2, 0.25) is 5.02 Å². The maximum Gasteiger partial charge on any atom is 0.236 e. The smallest absolute Gasteiger partial charge is 0.236 e. The Bertz CT molecular complexity index is 593. The first-order valence-corrected chi connectivity index (χ1v) is 8.53. The van der Waals surface area contributed by atoms with E-state index in [0.29, 0.717) is 24.5 Å². The van der Waals surface area contributed by atoms with Gasteiger partial charge in [0.05, 0.1) is 13.0 Å². The third-order valence-electron chi connectivity index (χ3n) is 4.56. The summed E-state index contributed by atoms with van der Waals surface area (Å²) in [5.41, 5.74) is 0.933. The number of benzene rings is 1. The fourth-order valence-corrected chi connectivity index (χ4v) is 3.59. The Kier molecular flexibility index (Phi) is 5.18. The quantitative estimate of drug-likeness (QED) is 0.906. The molecule has 2 amide bonds. The molecule has 2 saturated heterocycles. The molecule has 3 rings (SSSR count). The van der Waals surface area contributed by atoms with Gasteiger partial charge in [-0.25, -0.2) is 0 Å². The number of piperidine rings is 1. The summed E-state index contributed by atoms with van der Waals surface area (Å²) in [6.07, 6.45) is 2.29. The van der Waals surface area contributed by atoms with E-state index in [1.54, 1.807) is 0 Å². The van der Waals surface area contributed by atoms with E-state index in [1.165, 1.54) is 0 Å². The minimum atomic E-state index is 0.111. The summed E-state index contributed by atoms with van der Waals surface area (Å²) in [4.78, 5) is 28.4. The summed E-state index contributed by atoms with van der Waals surface area (Å²) < 4.78 is 0. The Balaban J connectivity index is 1.61. The van der Waals surface area contributed by atoms with Gasteiger partial charge in [-0.2, -0.15) is 0 Å². The first-order chi connectivity index (χ1) is 11.1. The molecule has 0 aromatic heterocycles. The van der Waals surface area contributed by atoms with Crippen molar-refractivity contribution in [2.75, 3.05) is 32.7 Å². The van der Waals surface area contributed by atoms with Gasteiger partial charge in [-0.05, 0) is 30.5 Å². The lowest BCUT2D eigenvalue weighted by molar-refractivity contribution is -0.140. The number of carbonyl (C=O) groups excluding carboxylic acids is 2. The van der Waals surface area contributed by atoms with Gasteiger partial charge in [-0.1, -0.05) is 23.7 Å². The van der Waals surface area contributed by atoms with Crippen LogP contribution in [0.3, 0.4) is 0 Å². The molecule has 1 aromatic rings. The molecule has 6 heteroatoms. The molecular formula is C17H22ClN3O2. The summed E-state index contributed by atoms with van der Waals surface area (Å²) >= 11 is 5.98. The largest absolute Gasteiger partial charge is 0.340 e. The molecule has 2 aliphatic heterocycles. The number of rotatable bonds is 3. The zero-order chi connectivity index (χ0) is 16.2. The SMILES string of the molecule is O=C(Cc1cccc(Cl)c1)N1CCCC(N2CCNCC2=O)C1. The number of amides is 2. The van der Waals surface area contributed by atoms with Crippen LogP contribution in [0.4, 0.5) is 0 Å². The van der Waals surface area contributed by atoms with Crippen LogP contribution < -0.4 is 5.32 Å². The first-order valence-electron chi connectivity index (χ1n) is 8.16. The van der Waals surface area contributed by atoms with Crippen molar-refractivity contribution in [1.29, 1.82) is 0 Å². The molecule has 0 bridgehead atoms. The molecule has 0 spiro atoms. The van der Waals surface area contributed by atoms with Gasteiger partial charge < -0.3 is 15.1 Å². The van der Waals surface area contributed by atoms with Gasteiger partial charge in [-0.15, -0.1) is 0 Å². The van der Waals surface area contributed by atoms with Crippen molar-refractivity contribution in [2.24, 2.45) is 0 Å². The number of halogens is 1. The summed E-state index contributed by atoms with van der Waals surface area (Å²) in [7, 11) is 0. The van der Waals surface area contributed by atoms with Gasteiger partial charge in [0.15, 0.2) is 0 Å². The maximum absolute atomic E-state index is 12.6. The van der Waals surface area contributed by atoms with Crippen LogP contribution in [0.1, 0.15) is 18.4 Å². The van der Waals surface area contributed by atoms with Gasteiger partial charge in [0, 0.05) is 37.2 Å². The fourth-order valence-electron chi connectivity index (χ4n) is 3.38. The van der Waals surface area contributed by atoms with Gasteiger partial charge >= 0.3 is 0 Å². The Hall–Kier alpha value is -1.59. The Morgan fingerprint density at radius 1 is 1.35 bits per heavy atom. The lowest BCUT2D eigenvalue weighted by atomic mass is 10.0. The van der Waals surface area contributed by atoms with Crippen molar-refractivity contribution in [3.05, 3.63) is 34.9 Å². The average Bonchev–Trinajstić information content (AvgIpc) is 2.55. The number of piperazine rings is 1. The van der Waals surface area contributed by atoms with Gasteiger partial charge in [-0.3, -0.25) is 9.59 Å². The molecule has 0 aliphatic carbocycles. The predicted molar refractivity (Wildman–Crippen MR) is 89.3 cm³/mol. The minimum absolute atomic E-state index is 0.111. The molecule has 5 nitrogen and oxygen atoms in total. The van der Waals surface area contributed by atoms with E-state index in [0.717, 1.165) is 38.0 Å². The normalized spacial score (nSPS) is 22.3. The second-order valence-electron chi connectivity index (χ2n) is 6.21. The molecule has 0 radical (unpaired) electrons. The van der Waals surface area contributed by atoms with Gasteiger partial charge in [0.1, 0.15) is 0 Å². The number of likely N-dealkylation sites (tertiary alicyclic amines) is 1. The highest BCUT2D eigenvalue weighted by molar-refractivity contribution is 6.30. The number of hydrogen-bond donors (Lipinski definition) is 1. The molecule has 2 aliphatic rings. The third-order valence-corrected chi connectivity index (χ3v) is 4.80. The van der Waals surface area contributed by atoms with Crippen molar-refractivity contribution in [3.63, 3.8) is 0 Å². The Morgan fingerprint density at radius 3 is 3.00 bits per heavy atom. The third kappa shape index (κ3) is 4.03. The minimum Gasteiger partial charge on any atom is -0.340 e. The van der Waals surface area contributed by atoms with Crippen LogP contribution in [-0.2, 0) is 16.0 Å². The molecular weight excluding hydrogens is 314 g/mol. The number of hydrogen-bond acceptors (Lipinski definition) is 3. The molecule has 0 saturated carbocycles. The monoisotopic (exact) mass is 335 g/mol. The van der Waals surface area contributed by atoms with Crippen LogP contribution >= 0.6 is 11.6 Å². The predicted octanol–water partition coefficient (Wildman–Crippen LogP) is 1.31. The van der Waals surface area contributed by atoms with Crippen LogP contribution in [-0.4, -0.2) is 60.4 Å². The zero-order valence-corrected chi connectivity index (χ0v) is 13.9. The molecule has 124 valence electrons. The van der Waals surface area contributed by atoms with Crippen LogP contribution in [0.25, 0.3) is 0 Å². The van der Waals surface area contributed by atoms with E-state index in [4.69, 9.17) is 11.6 Å². The van der Waals surface area contributed by atoms with Crippen molar-refractivity contribution in [2.45, 2.75) is 25.3 Å². The highest BCUT2D eigenvalue weighted by Gasteiger charge is 2.31. The van der Waals surface area contributed by atoms with Gasteiger partial charge in [0.25, 0.3) is 0 Å². The number of carbonyl (C=O) groups is 2. The fraction of sp³-hybridized carbons (Fsp3) is 0.529. The molecule has 23 heavy (non-hydrogen) atoms. The average molecular weight is 336 g/mol. The highest BCUT2D eigenvalue weighted by atomic mass is 35.5. The Morgan fingerprint density at radius 2 is 2.22 bits per heavy atom. The molecule has 1 aromatic carbocycles. The summed E-state index contributed by atoms with van der Waals surface area (Å²) in [5, 5.41) is 3.74. The summed E-state index contributed by atoms with van der Waals surface area (Å²) in [6.45, 7) is 3.40. The lowest BCUT2D eigenvalue weighted by Crippen LogP contribution is -2.57. The summed E-state index contributed by atoms with van der Waals surface area (Å²) in [5.74, 6) is 0.255. The molecule has 1 N–H and O–H groups in total. The Labute approximate surface area is 141 Å². The van der Waals surface area contributed by atoms with Crippen molar-refractivity contribution >= 4 is 23.4 Å². The van der Waals surface area contributed by atoms with E-state index < -0.39 is 0 Å². The molecule has 1 unspecified atom stereocenters. The van der Waals surface area contributed by atoms with Crippen LogP contribution in [0, 0.1) is 0 Å². The highest BCUT2D eigenvalue weighted by Crippen LogP contribution is 2.19. The lowest BCUT2D eigenvalue weighted by Gasteiger charge is -2.41. The van der Waals surface area contributed by atoms with E-state index in [1.807, 2.05) is 34.1 Å². The van der Waals surface area contributed by atoms with Gasteiger partial charge in [0.2, 0.25) is 11.8 Å².